The van der Waals surface area contributed by atoms with Gasteiger partial charge in [-0.2, -0.15) is 14.5 Å². The van der Waals surface area contributed by atoms with Gasteiger partial charge in [0.25, 0.3) is 0 Å². The molecule has 0 aliphatic heterocycles. The maximum atomic E-state index is 12.5. The topological polar surface area (TPSA) is 110 Å². The van der Waals surface area contributed by atoms with E-state index >= 15 is 0 Å². The van der Waals surface area contributed by atoms with Gasteiger partial charge in [0, 0.05) is 32.4 Å². The van der Waals surface area contributed by atoms with Crippen LogP contribution in [0.3, 0.4) is 0 Å². The Kier molecular flexibility index (Phi) is 3.33. The fraction of sp³-hybridized carbons (Fsp3) is 0.400. The summed E-state index contributed by atoms with van der Waals surface area (Å²) in [5.41, 5.74) is 6.96. The maximum Gasteiger partial charge on any atom is 0.248 e. The second-order valence-corrected chi connectivity index (χ2v) is 6.27. The third-order valence-corrected chi connectivity index (χ3v) is 4.90. The highest BCUT2D eigenvalue weighted by atomic mass is 32.2. The second kappa shape index (κ2) is 4.67. The highest BCUT2D eigenvalue weighted by molar-refractivity contribution is 7.89. The predicted molar refractivity (Wildman–Crippen MR) is 69.6 cm³/mol. The Morgan fingerprint density at radius 1 is 1.53 bits per heavy atom. The average Bonchev–Trinajstić information content (AvgIpc) is 2.88. The molecule has 0 aromatic carbocycles. The number of aromatic amines is 1. The first-order chi connectivity index (χ1) is 8.84. The molecule has 2 aromatic rings. The van der Waals surface area contributed by atoms with E-state index in [0.717, 1.165) is 5.56 Å². The van der Waals surface area contributed by atoms with Gasteiger partial charge in [-0.1, -0.05) is 0 Å². The van der Waals surface area contributed by atoms with Crippen molar-refractivity contribution < 1.29 is 8.42 Å². The first-order valence-corrected chi connectivity index (χ1v) is 7.01. The number of nitrogens with one attached hydrogen (secondary N) is 1. The Labute approximate surface area is 111 Å². The molecule has 0 fully saturated rings. The van der Waals surface area contributed by atoms with E-state index in [4.69, 9.17) is 5.73 Å². The minimum atomic E-state index is -3.67. The number of aryl methyl sites for hydroxylation is 1. The average molecular weight is 284 g/mol. The number of nitrogens with zero attached hydrogens (tertiary/aromatic N) is 4. The number of nitrogen functional groups attached to an aromatic ring is 1. The van der Waals surface area contributed by atoms with E-state index in [1.54, 1.807) is 26.4 Å². The van der Waals surface area contributed by atoms with Crippen LogP contribution in [0.25, 0.3) is 0 Å². The molecule has 104 valence electrons. The van der Waals surface area contributed by atoms with Crippen molar-refractivity contribution in [2.45, 2.75) is 18.4 Å². The largest absolute Gasteiger partial charge is 0.381 e. The Morgan fingerprint density at radius 3 is 2.68 bits per heavy atom. The molecular weight excluding hydrogens is 268 g/mol. The predicted octanol–water partition coefficient (Wildman–Crippen LogP) is -0.145. The molecule has 0 saturated carbocycles. The normalized spacial score (nSPS) is 12.2. The van der Waals surface area contributed by atoms with Gasteiger partial charge in [0.15, 0.2) is 5.82 Å². The Morgan fingerprint density at radius 2 is 2.21 bits per heavy atom. The number of aromatic nitrogens is 4. The minimum Gasteiger partial charge on any atom is -0.381 e. The molecule has 0 saturated heterocycles. The number of nitrogens with two attached hydrogens (primary N) is 1. The van der Waals surface area contributed by atoms with Gasteiger partial charge >= 0.3 is 0 Å². The van der Waals surface area contributed by atoms with Crippen molar-refractivity contribution >= 4 is 15.8 Å². The lowest BCUT2D eigenvalue weighted by Crippen LogP contribution is -2.27. The molecular formula is C10H16N6O2S. The van der Waals surface area contributed by atoms with E-state index < -0.39 is 10.0 Å². The zero-order chi connectivity index (χ0) is 14.2. The first kappa shape index (κ1) is 13.6. The van der Waals surface area contributed by atoms with E-state index in [2.05, 4.69) is 15.3 Å². The lowest BCUT2D eigenvalue weighted by Gasteiger charge is -2.16. The molecule has 0 amide bonds. The van der Waals surface area contributed by atoms with Crippen molar-refractivity contribution in [2.24, 2.45) is 7.05 Å². The summed E-state index contributed by atoms with van der Waals surface area (Å²) >= 11 is 0. The monoisotopic (exact) mass is 284 g/mol. The van der Waals surface area contributed by atoms with Gasteiger partial charge in [0.1, 0.15) is 4.90 Å². The summed E-state index contributed by atoms with van der Waals surface area (Å²) in [6, 6.07) is 0. The summed E-state index contributed by atoms with van der Waals surface area (Å²) in [7, 11) is -0.524. The standard InChI is InChI=1S/C10H16N6O2S/c1-7-9(10(11)14-16(7)3)19(17,18)15(2)6-8-4-12-13-5-8/h4-5H,6H2,1-3H3,(H2,11,14)(H,12,13). The van der Waals surface area contributed by atoms with Crippen molar-refractivity contribution in [1.82, 2.24) is 24.3 Å². The highest BCUT2D eigenvalue weighted by Gasteiger charge is 2.28. The Hall–Kier alpha value is -1.87. The molecule has 0 radical (unpaired) electrons. The minimum absolute atomic E-state index is 0.0130. The van der Waals surface area contributed by atoms with E-state index in [1.807, 2.05) is 0 Å². The van der Waals surface area contributed by atoms with Crippen molar-refractivity contribution in [3.63, 3.8) is 0 Å². The molecule has 2 heterocycles. The van der Waals surface area contributed by atoms with Crippen LogP contribution in [0, 0.1) is 6.92 Å². The zero-order valence-electron chi connectivity index (χ0n) is 11.0. The fourth-order valence-corrected chi connectivity index (χ4v) is 3.24. The molecule has 0 atom stereocenters. The van der Waals surface area contributed by atoms with Crippen LogP contribution in [-0.4, -0.2) is 39.7 Å². The number of sulfonamides is 1. The number of H-pyrrole nitrogens is 1. The summed E-state index contributed by atoms with van der Waals surface area (Å²) in [5.74, 6) is 0.0130. The highest BCUT2D eigenvalue weighted by Crippen LogP contribution is 2.25. The second-order valence-electron chi connectivity index (χ2n) is 4.29. The number of hydrogen-bond acceptors (Lipinski definition) is 5. The molecule has 0 aliphatic rings. The van der Waals surface area contributed by atoms with Crippen molar-refractivity contribution in [1.29, 1.82) is 0 Å². The number of rotatable bonds is 4. The van der Waals surface area contributed by atoms with Crippen LogP contribution in [0.15, 0.2) is 17.3 Å². The summed E-state index contributed by atoms with van der Waals surface area (Å²) in [6.45, 7) is 1.88. The maximum absolute atomic E-state index is 12.5. The molecule has 9 heteroatoms. The lowest BCUT2D eigenvalue weighted by atomic mass is 10.4. The van der Waals surface area contributed by atoms with Crippen LogP contribution in [0.2, 0.25) is 0 Å². The van der Waals surface area contributed by atoms with Gasteiger partial charge in [0.2, 0.25) is 10.0 Å². The summed E-state index contributed by atoms with van der Waals surface area (Å²) < 4.78 is 27.6. The third-order valence-electron chi connectivity index (χ3n) is 2.93. The molecule has 2 rings (SSSR count). The molecule has 3 N–H and O–H groups in total. The van der Waals surface area contributed by atoms with Crippen LogP contribution in [0.1, 0.15) is 11.3 Å². The van der Waals surface area contributed by atoms with Crippen LogP contribution in [0.4, 0.5) is 5.82 Å². The summed E-state index contributed by atoms with van der Waals surface area (Å²) in [4.78, 5) is 0.0565. The van der Waals surface area contributed by atoms with Gasteiger partial charge < -0.3 is 5.73 Å². The zero-order valence-corrected chi connectivity index (χ0v) is 11.8. The van der Waals surface area contributed by atoms with Gasteiger partial charge in [-0.3, -0.25) is 9.78 Å². The van der Waals surface area contributed by atoms with Crippen molar-refractivity contribution in [2.75, 3.05) is 12.8 Å². The first-order valence-electron chi connectivity index (χ1n) is 5.57. The molecule has 0 unspecified atom stereocenters. The quantitative estimate of drug-likeness (QED) is 0.811. The lowest BCUT2D eigenvalue weighted by molar-refractivity contribution is 0.466. The van der Waals surface area contributed by atoms with Crippen LogP contribution >= 0.6 is 0 Å². The third kappa shape index (κ3) is 2.34. The molecule has 0 aliphatic carbocycles. The van der Waals surface area contributed by atoms with Crippen molar-refractivity contribution in [3.8, 4) is 0 Å². The number of hydrogen-bond donors (Lipinski definition) is 2. The van der Waals surface area contributed by atoms with Gasteiger partial charge in [0.05, 0.1) is 11.9 Å². The van der Waals surface area contributed by atoms with Gasteiger partial charge in [-0.05, 0) is 6.92 Å². The van der Waals surface area contributed by atoms with E-state index in [0.29, 0.717) is 5.69 Å². The smallest absolute Gasteiger partial charge is 0.248 e. The molecule has 0 bridgehead atoms. The Bertz CT molecular complexity index is 673. The Balaban J connectivity index is 2.36. The summed E-state index contributed by atoms with van der Waals surface area (Å²) in [5, 5.41) is 10.3. The summed E-state index contributed by atoms with van der Waals surface area (Å²) in [6.07, 6.45) is 3.22. The van der Waals surface area contributed by atoms with Gasteiger partial charge in [-0.25, -0.2) is 8.42 Å². The van der Waals surface area contributed by atoms with Crippen LogP contribution in [-0.2, 0) is 23.6 Å². The molecule has 19 heavy (non-hydrogen) atoms. The molecule has 2 aromatic heterocycles. The van der Waals surface area contributed by atoms with Gasteiger partial charge in [-0.15, -0.1) is 0 Å². The molecule has 8 nitrogen and oxygen atoms in total. The van der Waals surface area contributed by atoms with E-state index in [9.17, 15) is 8.42 Å². The molecule has 0 spiro atoms. The van der Waals surface area contributed by atoms with Crippen LogP contribution in [0.5, 0.6) is 0 Å². The van der Waals surface area contributed by atoms with E-state index in [-0.39, 0.29) is 17.3 Å². The fourth-order valence-electron chi connectivity index (χ4n) is 1.80. The number of anilines is 1. The van der Waals surface area contributed by atoms with Crippen molar-refractivity contribution in [3.05, 3.63) is 23.7 Å². The van der Waals surface area contributed by atoms with E-state index in [1.165, 1.54) is 16.0 Å². The SMILES string of the molecule is Cc1c(S(=O)(=O)N(C)Cc2cn[nH]c2)c(N)nn1C. The van der Waals surface area contributed by atoms with Crippen LogP contribution < -0.4 is 5.73 Å².